The van der Waals surface area contributed by atoms with E-state index < -0.39 is 35.9 Å². The standard InChI is InChI=1S/C25H30FN3O3/c1-25(2,3)32-24(31)29-15-19(26)13-21(29)23(30)28-22(17-7-5-4-6-8-17)20-12-11-18(14-27-20)16-9-10-16/h4-8,11-12,14,16,19,21-22H,9-10,13,15H2,1-3H3,(H,28,30)/t19?,21-,22?/m1/s1. The number of ether oxygens (including phenoxy) is 1. The molecule has 170 valence electrons. The van der Waals surface area contributed by atoms with Gasteiger partial charge in [-0.15, -0.1) is 0 Å². The third-order valence-electron chi connectivity index (χ3n) is 5.75. The molecule has 2 heterocycles. The molecule has 7 heteroatoms. The van der Waals surface area contributed by atoms with Gasteiger partial charge in [0.15, 0.2) is 0 Å². The number of rotatable bonds is 5. The average Bonchev–Trinajstić information content (AvgIpc) is 3.52. The van der Waals surface area contributed by atoms with Gasteiger partial charge < -0.3 is 10.1 Å². The number of halogens is 1. The van der Waals surface area contributed by atoms with Gasteiger partial charge in [-0.25, -0.2) is 9.18 Å². The first-order chi connectivity index (χ1) is 15.2. The number of nitrogens with zero attached hydrogens (tertiary/aromatic N) is 2. The van der Waals surface area contributed by atoms with Crippen LogP contribution in [-0.4, -0.2) is 46.2 Å². The van der Waals surface area contributed by atoms with Crippen molar-refractivity contribution in [2.24, 2.45) is 0 Å². The number of benzene rings is 1. The van der Waals surface area contributed by atoms with E-state index in [1.54, 1.807) is 20.8 Å². The molecule has 6 nitrogen and oxygen atoms in total. The smallest absolute Gasteiger partial charge is 0.411 e. The maximum Gasteiger partial charge on any atom is 0.411 e. The van der Waals surface area contributed by atoms with Gasteiger partial charge in [0.05, 0.1) is 18.3 Å². The average molecular weight is 440 g/mol. The second-order valence-corrected chi connectivity index (χ2v) is 9.62. The summed E-state index contributed by atoms with van der Waals surface area (Å²) >= 11 is 0. The van der Waals surface area contributed by atoms with E-state index in [0.29, 0.717) is 11.6 Å². The summed E-state index contributed by atoms with van der Waals surface area (Å²) in [6.45, 7) is 5.07. The lowest BCUT2D eigenvalue weighted by molar-refractivity contribution is -0.126. The van der Waals surface area contributed by atoms with Crippen molar-refractivity contribution in [2.45, 2.75) is 69.8 Å². The number of carbonyl (C=O) groups is 2. The maximum atomic E-state index is 14.2. The zero-order valence-corrected chi connectivity index (χ0v) is 18.8. The summed E-state index contributed by atoms with van der Waals surface area (Å²) in [7, 11) is 0. The minimum absolute atomic E-state index is 0.0549. The zero-order chi connectivity index (χ0) is 22.9. The van der Waals surface area contributed by atoms with Crippen LogP contribution in [0.15, 0.2) is 48.7 Å². The SMILES string of the molecule is CC(C)(C)OC(=O)N1CC(F)C[C@@H]1C(=O)NC(c1ccccc1)c1ccc(C2CC2)cn1. The van der Waals surface area contributed by atoms with E-state index in [1.165, 1.54) is 23.3 Å². The van der Waals surface area contributed by atoms with Gasteiger partial charge in [-0.3, -0.25) is 14.7 Å². The van der Waals surface area contributed by atoms with Crippen LogP contribution in [-0.2, 0) is 9.53 Å². The number of aromatic nitrogens is 1. The first-order valence-corrected chi connectivity index (χ1v) is 11.2. The molecule has 4 rings (SSSR count). The molecule has 1 saturated heterocycles. The van der Waals surface area contributed by atoms with E-state index in [9.17, 15) is 14.0 Å². The summed E-state index contributed by atoms with van der Waals surface area (Å²) in [6, 6.07) is 12.1. The second-order valence-electron chi connectivity index (χ2n) is 9.62. The Labute approximate surface area is 188 Å². The van der Waals surface area contributed by atoms with Crippen LogP contribution in [0.5, 0.6) is 0 Å². The summed E-state index contributed by atoms with van der Waals surface area (Å²) < 4.78 is 19.6. The van der Waals surface area contributed by atoms with Crippen LogP contribution in [0.1, 0.15) is 68.8 Å². The third kappa shape index (κ3) is 5.26. The Morgan fingerprint density at radius 2 is 1.88 bits per heavy atom. The normalized spacial score (nSPS) is 21.8. The summed E-state index contributed by atoms with van der Waals surface area (Å²) in [5.41, 5.74) is 2.05. The van der Waals surface area contributed by atoms with Crippen molar-refractivity contribution in [1.29, 1.82) is 0 Å². The van der Waals surface area contributed by atoms with Gasteiger partial charge in [-0.1, -0.05) is 36.4 Å². The van der Waals surface area contributed by atoms with Gasteiger partial charge in [-0.2, -0.15) is 0 Å². The summed E-state index contributed by atoms with van der Waals surface area (Å²) in [5, 5.41) is 3.01. The third-order valence-corrected chi connectivity index (χ3v) is 5.75. The first-order valence-electron chi connectivity index (χ1n) is 11.2. The molecule has 32 heavy (non-hydrogen) atoms. The van der Waals surface area contributed by atoms with Crippen molar-refractivity contribution in [3.8, 4) is 0 Å². The monoisotopic (exact) mass is 439 g/mol. The van der Waals surface area contributed by atoms with Gasteiger partial charge in [0, 0.05) is 12.6 Å². The van der Waals surface area contributed by atoms with E-state index in [-0.39, 0.29) is 13.0 Å². The Bertz CT molecular complexity index is 955. The van der Waals surface area contributed by atoms with Crippen LogP contribution in [0.2, 0.25) is 0 Å². The van der Waals surface area contributed by atoms with Gasteiger partial charge in [0.2, 0.25) is 5.91 Å². The van der Waals surface area contributed by atoms with Gasteiger partial charge in [-0.05, 0) is 56.7 Å². The number of amides is 2. The van der Waals surface area contributed by atoms with Gasteiger partial charge >= 0.3 is 6.09 Å². The molecule has 2 fully saturated rings. The molecule has 1 saturated carbocycles. The Morgan fingerprint density at radius 3 is 2.47 bits per heavy atom. The van der Waals surface area contributed by atoms with Crippen molar-refractivity contribution in [1.82, 2.24) is 15.2 Å². The fourth-order valence-electron chi connectivity index (χ4n) is 4.01. The highest BCUT2D eigenvalue weighted by Crippen LogP contribution is 2.40. The lowest BCUT2D eigenvalue weighted by Crippen LogP contribution is -2.48. The summed E-state index contributed by atoms with van der Waals surface area (Å²) in [6.07, 6.45) is 2.24. The van der Waals surface area contributed by atoms with E-state index in [4.69, 9.17) is 4.74 Å². The molecule has 0 radical (unpaired) electrons. The molecule has 0 spiro atoms. The van der Waals surface area contributed by atoms with Crippen molar-refractivity contribution >= 4 is 12.0 Å². The van der Waals surface area contributed by atoms with Crippen molar-refractivity contribution in [3.05, 3.63) is 65.5 Å². The lowest BCUT2D eigenvalue weighted by atomic mass is 10.0. The number of nitrogens with one attached hydrogen (secondary N) is 1. The Morgan fingerprint density at radius 1 is 1.16 bits per heavy atom. The van der Waals surface area contributed by atoms with E-state index in [2.05, 4.69) is 16.4 Å². The van der Waals surface area contributed by atoms with Crippen LogP contribution in [0, 0.1) is 0 Å². The Hall–Kier alpha value is -2.96. The van der Waals surface area contributed by atoms with Crippen LogP contribution in [0.4, 0.5) is 9.18 Å². The number of carbonyl (C=O) groups excluding carboxylic acids is 2. The number of hydrogen-bond acceptors (Lipinski definition) is 4. The number of hydrogen-bond donors (Lipinski definition) is 1. The molecule has 2 aliphatic rings. The number of pyridine rings is 1. The minimum Gasteiger partial charge on any atom is -0.444 e. The Kier molecular flexibility index (Phi) is 6.17. The molecule has 1 aromatic carbocycles. The van der Waals surface area contributed by atoms with E-state index in [0.717, 1.165) is 5.56 Å². The van der Waals surface area contributed by atoms with Crippen LogP contribution >= 0.6 is 0 Å². The van der Waals surface area contributed by atoms with Crippen molar-refractivity contribution < 1.29 is 18.7 Å². The van der Waals surface area contributed by atoms with Crippen molar-refractivity contribution in [2.75, 3.05) is 6.54 Å². The van der Waals surface area contributed by atoms with Gasteiger partial charge in [0.1, 0.15) is 17.8 Å². The van der Waals surface area contributed by atoms with Gasteiger partial charge in [0.25, 0.3) is 0 Å². The lowest BCUT2D eigenvalue weighted by Gasteiger charge is -2.29. The molecule has 2 unspecified atom stereocenters. The van der Waals surface area contributed by atoms with Crippen LogP contribution < -0.4 is 5.32 Å². The molecule has 3 atom stereocenters. The fraction of sp³-hybridized carbons (Fsp3) is 0.480. The molecular formula is C25H30FN3O3. The van der Waals surface area contributed by atoms with E-state index >= 15 is 0 Å². The molecule has 1 aliphatic carbocycles. The maximum absolute atomic E-state index is 14.2. The highest BCUT2D eigenvalue weighted by atomic mass is 19.1. The highest BCUT2D eigenvalue weighted by molar-refractivity contribution is 5.87. The topological polar surface area (TPSA) is 71.5 Å². The molecule has 2 aromatic rings. The second kappa shape index (κ2) is 8.88. The highest BCUT2D eigenvalue weighted by Gasteiger charge is 2.42. The number of likely N-dealkylation sites (tertiary alicyclic amines) is 1. The van der Waals surface area contributed by atoms with Crippen LogP contribution in [0.3, 0.4) is 0 Å². The zero-order valence-electron chi connectivity index (χ0n) is 18.8. The molecule has 0 bridgehead atoms. The Balaban J connectivity index is 1.55. The summed E-state index contributed by atoms with van der Waals surface area (Å²) in [4.78, 5) is 31.7. The summed E-state index contributed by atoms with van der Waals surface area (Å²) in [5.74, 6) is 0.168. The molecule has 1 aliphatic heterocycles. The van der Waals surface area contributed by atoms with Crippen molar-refractivity contribution in [3.63, 3.8) is 0 Å². The first kappa shape index (κ1) is 22.2. The molecule has 1 aromatic heterocycles. The number of alkyl halides is 1. The van der Waals surface area contributed by atoms with E-state index in [1.807, 2.05) is 42.6 Å². The predicted molar refractivity (Wildman–Crippen MR) is 119 cm³/mol. The largest absolute Gasteiger partial charge is 0.444 e. The fourth-order valence-corrected chi connectivity index (χ4v) is 4.01. The minimum atomic E-state index is -1.27. The molecule has 1 N–H and O–H groups in total. The molecular weight excluding hydrogens is 409 g/mol. The molecule has 2 amide bonds. The van der Waals surface area contributed by atoms with Crippen LogP contribution in [0.25, 0.3) is 0 Å². The quantitative estimate of drug-likeness (QED) is 0.744. The predicted octanol–water partition coefficient (Wildman–Crippen LogP) is 4.51.